The molecule has 0 aliphatic rings. The average molecular weight is 278 g/mol. The van der Waals surface area contributed by atoms with Gasteiger partial charge in [0.05, 0.1) is 0 Å². The summed E-state index contributed by atoms with van der Waals surface area (Å²) < 4.78 is 5.33. The summed E-state index contributed by atoms with van der Waals surface area (Å²) in [4.78, 5) is 13.1. The van der Waals surface area contributed by atoms with E-state index in [1.165, 1.54) is 4.90 Å². The van der Waals surface area contributed by atoms with Crippen LogP contribution < -0.4 is 0 Å². The number of benzene rings is 1. The molecule has 0 N–H and O–H groups in total. The van der Waals surface area contributed by atoms with Crippen LogP contribution in [0.15, 0.2) is 46.4 Å². The molecule has 0 saturated heterocycles. The number of carbonyl (C=O) groups is 1. The molecule has 0 aromatic heterocycles. The van der Waals surface area contributed by atoms with Crippen molar-refractivity contribution in [1.82, 2.24) is 0 Å². The number of rotatable bonds is 6. The Morgan fingerprint density at radius 2 is 1.84 bits per heavy atom. The Balaban J connectivity index is 2.37. The van der Waals surface area contributed by atoms with Crippen molar-refractivity contribution in [2.24, 2.45) is 5.92 Å². The zero-order chi connectivity index (χ0) is 14.3. The van der Waals surface area contributed by atoms with Crippen LogP contribution in [0.4, 0.5) is 0 Å². The van der Waals surface area contributed by atoms with Crippen LogP contribution in [0, 0.1) is 5.92 Å². The number of hydrogen-bond donors (Lipinski definition) is 0. The van der Waals surface area contributed by atoms with Gasteiger partial charge in [-0.05, 0) is 31.9 Å². The minimum absolute atomic E-state index is 0.177. The van der Waals surface area contributed by atoms with E-state index in [9.17, 15) is 4.79 Å². The molecule has 0 aliphatic carbocycles. The Bertz CT molecular complexity index is 431. The zero-order valence-electron chi connectivity index (χ0n) is 12.1. The lowest BCUT2D eigenvalue weighted by molar-refractivity contribution is -0.139. The maximum absolute atomic E-state index is 11.9. The monoisotopic (exact) mass is 278 g/mol. The molecule has 0 heterocycles. The fourth-order valence-electron chi connectivity index (χ4n) is 1.91. The molecule has 1 aromatic rings. The van der Waals surface area contributed by atoms with E-state index in [4.69, 9.17) is 4.74 Å². The van der Waals surface area contributed by atoms with E-state index >= 15 is 0 Å². The SMILES string of the molecule is CC(C)=C(C(=O)OCCSc1ccccc1)C(C)C. The lowest BCUT2D eigenvalue weighted by Gasteiger charge is -2.13. The molecule has 0 spiro atoms. The average Bonchev–Trinajstić information content (AvgIpc) is 2.35. The number of thioether (sulfide) groups is 1. The molecule has 3 heteroatoms. The molecule has 0 fully saturated rings. The molecule has 1 rings (SSSR count). The van der Waals surface area contributed by atoms with E-state index in [1.54, 1.807) is 11.8 Å². The molecule has 0 saturated carbocycles. The van der Waals surface area contributed by atoms with Gasteiger partial charge >= 0.3 is 5.97 Å². The van der Waals surface area contributed by atoms with E-state index < -0.39 is 0 Å². The van der Waals surface area contributed by atoms with E-state index in [-0.39, 0.29) is 11.9 Å². The van der Waals surface area contributed by atoms with Gasteiger partial charge in [-0.1, -0.05) is 37.6 Å². The summed E-state index contributed by atoms with van der Waals surface area (Å²) >= 11 is 1.70. The first-order valence-electron chi connectivity index (χ1n) is 6.54. The van der Waals surface area contributed by atoms with E-state index in [1.807, 2.05) is 45.9 Å². The molecule has 0 unspecified atom stereocenters. The highest BCUT2D eigenvalue weighted by molar-refractivity contribution is 7.99. The van der Waals surface area contributed by atoms with Crippen LogP contribution in [0.25, 0.3) is 0 Å². The number of hydrogen-bond acceptors (Lipinski definition) is 3. The summed E-state index contributed by atoms with van der Waals surface area (Å²) in [5.41, 5.74) is 1.83. The molecule has 1 aromatic carbocycles. The molecule has 0 radical (unpaired) electrons. The Morgan fingerprint density at radius 3 is 2.37 bits per heavy atom. The van der Waals surface area contributed by atoms with Crippen molar-refractivity contribution in [3.05, 3.63) is 41.5 Å². The van der Waals surface area contributed by atoms with Crippen LogP contribution in [-0.4, -0.2) is 18.3 Å². The first-order valence-corrected chi connectivity index (χ1v) is 7.53. The zero-order valence-corrected chi connectivity index (χ0v) is 12.9. The standard InChI is InChI=1S/C16H22O2S/c1-12(2)15(13(3)4)16(17)18-10-11-19-14-8-6-5-7-9-14/h5-9,12H,10-11H2,1-4H3. The van der Waals surface area contributed by atoms with Crippen LogP contribution in [0.2, 0.25) is 0 Å². The van der Waals surface area contributed by atoms with E-state index in [0.29, 0.717) is 6.61 Å². The van der Waals surface area contributed by atoms with Gasteiger partial charge in [-0.2, -0.15) is 0 Å². The minimum Gasteiger partial charge on any atom is -0.461 e. The van der Waals surface area contributed by atoms with Gasteiger partial charge in [-0.15, -0.1) is 11.8 Å². The quantitative estimate of drug-likeness (QED) is 0.335. The van der Waals surface area contributed by atoms with Crippen molar-refractivity contribution in [2.75, 3.05) is 12.4 Å². The van der Waals surface area contributed by atoms with Crippen molar-refractivity contribution in [3.8, 4) is 0 Å². The molecular formula is C16H22O2S. The molecule has 104 valence electrons. The van der Waals surface area contributed by atoms with Gasteiger partial charge in [-0.3, -0.25) is 0 Å². The third-order valence-electron chi connectivity index (χ3n) is 2.66. The summed E-state index contributed by atoms with van der Waals surface area (Å²) in [5, 5.41) is 0. The fourth-order valence-corrected chi connectivity index (χ4v) is 2.66. The van der Waals surface area contributed by atoms with Crippen molar-refractivity contribution >= 4 is 17.7 Å². The van der Waals surface area contributed by atoms with Crippen molar-refractivity contribution in [3.63, 3.8) is 0 Å². The van der Waals surface area contributed by atoms with Gasteiger partial charge in [0.15, 0.2) is 0 Å². The molecular weight excluding hydrogens is 256 g/mol. The molecule has 19 heavy (non-hydrogen) atoms. The van der Waals surface area contributed by atoms with Crippen LogP contribution in [0.5, 0.6) is 0 Å². The minimum atomic E-state index is -0.177. The van der Waals surface area contributed by atoms with Gasteiger partial charge in [0.2, 0.25) is 0 Å². The van der Waals surface area contributed by atoms with E-state index in [2.05, 4.69) is 12.1 Å². The summed E-state index contributed by atoms with van der Waals surface area (Å²) in [6.07, 6.45) is 0. The predicted molar refractivity (Wildman–Crippen MR) is 81.3 cm³/mol. The largest absolute Gasteiger partial charge is 0.461 e. The third kappa shape index (κ3) is 5.52. The van der Waals surface area contributed by atoms with Crippen LogP contribution in [0.3, 0.4) is 0 Å². The van der Waals surface area contributed by atoms with Crippen LogP contribution in [0.1, 0.15) is 27.7 Å². The molecule has 0 amide bonds. The number of ether oxygens (including phenoxy) is 1. The highest BCUT2D eigenvalue weighted by atomic mass is 32.2. The van der Waals surface area contributed by atoms with Crippen molar-refractivity contribution in [2.45, 2.75) is 32.6 Å². The summed E-state index contributed by atoms with van der Waals surface area (Å²) in [7, 11) is 0. The maximum Gasteiger partial charge on any atom is 0.334 e. The Hall–Kier alpha value is -1.22. The first-order chi connectivity index (χ1) is 9.02. The highest BCUT2D eigenvalue weighted by Crippen LogP contribution is 2.18. The van der Waals surface area contributed by atoms with E-state index in [0.717, 1.165) is 16.9 Å². The Labute approximate surface area is 120 Å². The highest BCUT2D eigenvalue weighted by Gasteiger charge is 2.16. The smallest absolute Gasteiger partial charge is 0.334 e. The molecule has 0 atom stereocenters. The van der Waals surface area contributed by atoms with Gasteiger partial charge in [-0.25, -0.2) is 4.79 Å². The lowest BCUT2D eigenvalue weighted by atomic mass is 9.99. The van der Waals surface area contributed by atoms with Crippen LogP contribution >= 0.6 is 11.8 Å². The summed E-state index contributed by atoms with van der Waals surface area (Å²) in [5.74, 6) is 0.812. The van der Waals surface area contributed by atoms with Crippen molar-refractivity contribution < 1.29 is 9.53 Å². The molecule has 0 bridgehead atoms. The number of carbonyl (C=O) groups excluding carboxylic acids is 1. The number of esters is 1. The Kier molecular flexibility index (Phi) is 6.71. The topological polar surface area (TPSA) is 26.3 Å². The number of allylic oxidation sites excluding steroid dienone is 1. The Morgan fingerprint density at radius 1 is 1.21 bits per heavy atom. The second-order valence-corrected chi connectivity index (χ2v) is 6.03. The van der Waals surface area contributed by atoms with Gasteiger partial charge in [0.1, 0.15) is 6.61 Å². The van der Waals surface area contributed by atoms with Gasteiger partial charge in [0, 0.05) is 16.2 Å². The molecule has 0 aliphatic heterocycles. The maximum atomic E-state index is 11.9. The van der Waals surface area contributed by atoms with Crippen LogP contribution in [-0.2, 0) is 9.53 Å². The normalized spacial score (nSPS) is 10.4. The second-order valence-electron chi connectivity index (χ2n) is 4.87. The van der Waals surface area contributed by atoms with Crippen molar-refractivity contribution in [1.29, 1.82) is 0 Å². The summed E-state index contributed by atoms with van der Waals surface area (Å²) in [6.45, 7) is 8.39. The fraction of sp³-hybridized carbons (Fsp3) is 0.438. The first kappa shape index (κ1) is 15.8. The lowest BCUT2D eigenvalue weighted by Crippen LogP contribution is -2.15. The predicted octanol–water partition coefficient (Wildman–Crippen LogP) is 4.31. The van der Waals surface area contributed by atoms with Gasteiger partial charge < -0.3 is 4.74 Å². The second kappa shape index (κ2) is 8.05. The third-order valence-corrected chi connectivity index (χ3v) is 3.64. The molecule has 2 nitrogen and oxygen atoms in total. The van der Waals surface area contributed by atoms with Gasteiger partial charge in [0.25, 0.3) is 0 Å². The summed E-state index contributed by atoms with van der Waals surface area (Å²) in [6, 6.07) is 10.1.